The SMILES string of the molecule is COCC1(CNC(=O)c2csc(-c3ccc([N+](=O)[O-])cc3)n2)CCNCC1. The molecule has 0 unspecified atom stereocenters. The van der Waals surface area contributed by atoms with Crippen LogP contribution in [0.25, 0.3) is 10.6 Å². The first kappa shape index (κ1) is 19.4. The lowest BCUT2D eigenvalue weighted by Gasteiger charge is -2.37. The number of ether oxygens (including phenoxy) is 1. The van der Waals surface area contributed by atoms with Gasteiger partial charge >= 0.3 is 0 Å². The van der Waals surface area contributed by atoms with Crippen molar-refractivity contribution in [3.8, 4) is 10.6 Å². The molecule has 0 aliphatic carbocycles. The molecule has 0 spiro atoms. The molecule has 0 bridgehead atoms. The van der Waals surface area contributed by atoms with E-state index in [0.29, 0.717) is 23.9 Å². The van der Waals surface area contributed by atoms with Gasteiger partial charge in [-0.05, 0) is 38.1 Å². The van der Waals surface area contributed by atoms with E-state index in [9.17, 15) is 14.9 Å². The lowest BCUT2D eigenvalue weighted by atomic mass is 9.79. The van der Waals surface area contributed by atoms with Crippen LogP contribution in [0.1, 0.15) is 23.3 Å². The molecule has 2 heterocycles. The third kappa shape index (κ3) is 4.68. The second-order valence-electron chi connectivity index (χ2n) is 6.71. The molecule has 1 saturated heterocycles. The summed E-state index contributed by atoms with van der Waals surface area (Å²) in [5.41, 5.74) is 1.08. The molecule has 27 heavy (non-hydrogen) atoms. The van der Waals surface area contributed by atoms with Gasteiger partial charge in [-0.2, -0.15) is 0 Å². The minimum Gasteiger partial charge on any atom is -0.384 e. The Kier molecular flexibility index (Phi) is 6.15. The zero-order chi connectivity index (χ0) is 19.3. The number of benzene rings is 1. The number of thiazole rings is 1. The fourth-order valence-corrected chi connectivity index (χ4v) is 4.04. The van der Waals surface area contributed by atoms with Crippen LogP contribution in [0.3, 0.4) is 0 Å². The van der Waals surface area contributed by atoms with Gasteiger partial charge in [-0.1, -0.05) is 0 Å². The maximum atomic E-state index is 12.5. The predicted molar refractivity (Wildman–Crippen MR) is 103 cm³/mol. The molecule has 1 aliphatic heterocycles. The van der Waals surface area contributed by atoms with Crippen LogP contribution in [0.2, 0.25) is 0 Å². The van der Waals surface area contributed by atoms with Crippen molar-refractivity contribution in [3.63, 3.8) is 0 Å². The highest BCUT2D eigenvalue weighted by molar-refractivity contribution is 7.13. The van der Waals surface area contributed by atoms with Crippen molar-refractivity contribution in [1.82, 2.24) is 15.6 Å². The number of amides is 1. The molecule has 8 nitrogen and oxygen atoms in total. The Morgan fingerprint density at radius 3 is 2.70 bits per heavy atom. The number of aromatic nitrogens is 1. The van der Waals surface area contributed by atoms with E-state index in [4.69, 9.17) is 4.74 Å². The number of nitro benzene ring substituents is 1. The van der Waals surface area contributed by atoms with Crippen molar-refractivity contribution in [2.24, 2.45) is 5.41 Å². The number of carbonyl (C=O) groups excluding carboxylic acids is 1. The number of carbonyl (C=O) groups is 1. The molecular formula is C18H22N4O4S. The first-order valence-electron chi connectivity index (χ1n) is 8.71. The number of non-ortho nitro benzene ring substituents is 1. The van der Waals surface area contributed by atoms with Gasteiger partial charge in [-0.15, -0.1) is 11.3 Å². The van der Waals surface area contributed by atoms with Gasteiger partial charge in [0.25, 0.3) is 11.6 Å². The quantitative estimate of drug-likeness (QED) is 0.556. The van der Waals surface area contributed by atoms with Gasteiger partial charge in [0, 0.05) is 42.1 Å². The zero-order valence-electron chi connectivity index (χ0n) is 15.1. The summed E-state index contributed by atoms with van der Waals surface area (Å²) >= 11 is 1.34. The van der Waals surface area contributed by atoms with Crippen LogP contribution in [-0.2, 0) is 4.74 Å². The van der Waals surface area contributed by atoms with Gasteiger partial charge < -0.3 is 15.4 Å². The van der Waals surface area contributed by atoms with Gasteiger partial charge in [-0.3, -0.25) is 14.9 Å². The van der Waals surface area contributed by atoms with Crippen molar-refractivity contribution >= 4 is 22.9 Å². The van der Waals surface area contributed by atoms with Crippen molar-refractivity contribution in [2.75, 3.05) is 33.4 Å². The van der Waals surface area contributed by atoms with E-state index in [1.807, 2.05) is 0 Å². The van der Waals surface area contributed by atoms with Gasteiger partial charge in [0.05, 0.1) is 11.5 Å². The lowest BCUT2D eigenvalue weighted by molar-refractivity contribution is -0.384. The molecule has 144 valence electrons. The molecule has 2 aromatic rings. The van der Waals surface area contributed by atoms with Crippen molar-refractivity contribution in [3.05, 3.63) is 45.5 Å². The van der Waals surface area contributed by atoms with Crippen LogP contribution in [0.5, 0.6) is 0 Å². The predicted octanol–water partition coefficient (Wildman–Crippen LogP) is 2.46. The van der Waals surface area contributed by atoms with Crippen molar-refractivity contribution < 1.29 is 14.5 Å². The van der Waals surface area contributed by atoms with Crippen LogP contribution in [0, 0.1) is 15.5 Å². The van der Waals surface area contributed by atoms with Crippen LogP contribution in [0.15, 0.2) is 29.6 Å². The third-order valence-corrected chi connectivity index (χ3v) is 5.69. The molecular weight excluding hydrogens is 368 g/mol. The molecule has 1 fully saturated rings. The highest BCUT2D eigenvalue weighted by atomic mass is 32.1. The minimum absolute atomic E-state index is 0.0266. The first-order valence-corrected chi connectivity index (χ1v) is 9.59. The third-order valence-electron chi connectivity index (χ3n) is 4.80. The summed E-state index contributed by atoms with van der Waals surface area (Å²) in [7, 11) is 1.68. The Labute approximate surface area is 161 Å². The minimum atomic E-state index is -0.443. The largest absolute Gasteiger partial charge is 0.384 e. The Hall–Kier alpha value is -2.36. The molecule has 1 amide bonds. The molecule has 0 radical (unpaired) electrons. The second-order valence-corrected chi connectivity index (χ2v) is 7.57. The van der Waals surface area contributed by atoms with Crippen LogP contribution >= 0.6 is 11.3 Å². The van der Waals surface area contributed by atoms with Crippen molar-refractivity contribution in [1.29, 1.82) is 0 Å². The number of piperidine rings is 1. The van der Waals surface area contributed by atoms with E-state index in [2.05, 4.69) is 15.6 Å². The fraction of sp³-hybridized carbons (Fsp3) is 0.444. The molecule has 9 heteroatoms. The topological polar surface area (TPSA) is 106 Å². The summed E-state index contributed by atoms with van der Waals surface area (Å²) in [6.07, 6.45) is 1.90. The number of nitro groups is 1. The van der Waals surface area contributed by atoms with E-state index in [1.54, 1.807) is 24.6 Å². The van der Waals surface area contributed by atoms with E-state index >= 15 is 0 Å². The highest BCUT2D eigenvalue weighted by Crippen LogP contribution is 2.29. The molecule has 3 rings (SSSR count). The summed E-state index contributed by atoms with van der Waals surface area (Å²) in [4.78, 5) is 27.2. The Morgan fingerprint density at radius 1 is 1.37 bits per heavy atom. The van der Waals surface area contributed by atoms with Gasteiger partial charge in [0.2, 0.25) is 0 Å². The van der Waals surface area contributed by atoms with E-state index in [0.717, 1.165) is 31.5 Å². The average molecular weight is 390 g/mol. The Balaban J connectivity index is 1.65. The van der Waals surface area contributed by atoms with Gasteiger partial charge in [-0.25, -0.2) is 4.98 Å². The summed E-state index contributed by atoms with van der Waals surface area (Å²) < 4.78 is 5.37. The second kappa shape index (κ2) is 8.55. The van der Waals surface area contributed by atoms with Crippen LogP contribution in [-0.4, -0.2) is 49.2 Å². The summed E-state index contributed by atoms with van der Waals surface area (Å²) in [5.74, 6) is -0.214. The van der Waals surface area contributed by atoms with Crippen molar-refractivity contribution in [2.45, 2.75) is 12.8 Å². The van der Waals surface area contributed by atoms with Crippen LogP contribution in [0.4, 0.5) is 5.69 Å². The Bertz CT molecular complexity index is 794. The summed E-state index contributed by atoms with van der Waals surface area (Å²) in [5, 5.41) is 19.4. The molecule has 1 aromatic heterocycles. The van der Waals surface area contributed by atoms with E-state index in [1.165, 1.54) is 23.5 Å². The number of rotatable bonds is 7. The van der Waals surface area contributed by atoms with E-state index in [-0.39, 0.29) is 17.0 Å². The number of hydrogen-bond donors (Lipinski definition) is 2. The summed E-state index contributed by atoms with van der Waals surface area (Å²) in [6, 6.07) is 6.15. The number of hydrogen-bond acceptors (Lipinski definition) is 7. The van der Waals surface area contributed by atoms with Crippen LogP contribution < -0.4 is 10.6 Å². The van der Waals surface area contributed by atoms with E-state index < -0.39 is 4.92 Å². The fourth-order valence-electron chi connectivity index (χ4n) is 3.23. The molecule has 1 aliphatic rings. The molecule has 0 atom stereocenters. The van der Waals surface area contributed by atoms with Gasteiger partial charge in [0.15, 0.2) is 0 Å². The molecule has 2 N–H and O–H groups in total. The first-order chi connectivity index (χ1) is 13.0. The molecule has 1 aromatic carbocycles. The zero-order valence-corrected chi connectivity index (χ0v) is 15.9. The normalized spacial score (nSPS) is 16.0. The number of methoxy groups -OCH3 is 1. The summed E-state index contributed by atoms with van der Waals surface area (Å²) in [6.45, 7) is 2.99. The van der Waals surface area contributed by atoms with Gasteiger partial charge in [0.1, 0.15) is 10.7 Å². The average Bonchev–Trinajstić information content (AvgIpc) is 3.17. The smallest absolute Gasteiger partial charge is 0.270 e. The monoisotopic (exact) mass is 390 g/mol. The number of nitrogens with one attached hydrogen (secondary N) is 2. The molecule has 0 saturated carbocycles. The number of nitrogens with zero attached hydrogens (tertiary/aromatic N) is 2. The highest BCUT2D eigenvalue weighted by Gasteiger charge is 2.32. The lowest BCUT2D eigenvalue weighted by Crippen LogP contribution is -2.47. The Morgan fingerprint density at radius 2 is 2.07 bits per heavy atom. The maximum absolute atomic E-state index is 12.5. The maximum Gasteiger partial charge on any atom is 0.270 e. The standard InChI is InChI=1S/C18H22N4O4S/c1-26-12-18(6-8-19-9-7-18)11-20-16(23)15-10-27-17(21-15)13-2-4-14(5-3-13)22(24)25/h2-5,10,19H,6-9,11-12H2,1H3,(H,20,23).